The summed E-state index contributed by atoms with van der Waals surface area (Å²) < 4.78 is 26.5. The Balaban J connectivity index is 1.84. The van der Waals surface area contributed by atoms with Gasteiger partial charge in [-0.25, -0.2) is 8.42 Å². The van der Waals surface area contributed by atoms with Gasteiger partial charge in [-0.3, -0.25) is 13.9 Å². The maximum atomic E-state index is 13.7. The molecule has 0 heterocycles. The Morgan fingerprint density at radius 1 is 0.923 bits per heavy atom. The first kappa shape index (κ1) is 30.2. The number of nitrogens with one attached hydrogen (secondary N) is 1. The highest BCUT2D eigenvalue weighted by atomic mass is 35.5. The summed E-state index contributed by atoms with van der Waals surface area (Å²) in [6.07, 6.45) is 2.69. The maximum absolute atomic E-state index is 13.7. The molecule has 3 aromatic carbocycles. The summed E-state index contributed by atoms with van der Waals surface area (Å²) in [5.74, 6) is -0.540. The van der Waals surface area contributed by atoms with E-state index in [0.29, 0.717) is 17.1 Å². The van der Waals surface area contributed by atoms with Gasteiger partial charge < -0.3 is 10.2 Å². The van der Waals surface area contributed by atoms with E-state index in [1.807, 2.05) is 67.6 Å². The number of anilines is 1. The molecule has 0 saturated carbocycles. The molecule has 0 aromatic heterocycles. The summed E-state index contributed by atoms with van der Waals surface area (Å²) in [5, 5.41) is 3.20. The number of benzene rings is 3. The van der Waals surface area contributed by atoms with E-state index < -0.39 is 16.1 Å². The zero-order valence-corrected chi connectivity index (χ0v) is 24.2. The van der Waals surface area contributed by atoms with Crippen LogP contribution in [-0.2, 0) is 39.0 Å². The van der Waals surface area contributed by atoms with Gasteiger partial charge in [-0.05, 0) is 47.7 Å². The molecule has 208 valence electrons. The number of carbonyl (C=O) groups is 2. The van der Waals surface area contributed by atoms with Crippen LogP contribution in [0, 0.1) is 0 Å². The third-order valence-corrected chi connectivity index (χ3v) is 8.16. The fraction of sp³-hybridized carbons (Fsp3) is 0.333. The number of hydrogen-bond donors (Lipinski definition) is 1. The number of amides is 2. The van der Waals surface area contributed by atoms with Gasteiger partial charge >= 0.3 is 0 Å². The fourth-order valence-corrected chi connectivity index (χ4v) is 5.59. The lowest BCUT2D eigenvalue weighted by Crippen LogP contribution is -2.49. The average molecular weight is 570 g/mol. The molecule has 1 N–H and O–H groups in total. The van der Waals surface area contributed by atoms with Crippen LogP contribution in [-0.4, -0.2) is 51.0 Å². The lowest BCUT2D eigenvalue weighted by atomic mass is 10.0. The summed E-state index contributed by atoms with van der Waals surface area (Å²) in [4.78, 5) is 28.3. The number of carbonyl (C=O) groups excluding carboxylic acids is 2. The molecule has 0 radical (unpaired) electrons. The number of likely N-dealkylation sites (N-methyl/N-ethyl adjacent to an activating group) is 1. The van der Waals surface area contributed by atoms with Crippen molar-refractivity contribution in [1.29, 1.82) is 0 Å². The minimum absolute atomic E-state index is 0.0613. The quantitative estimate of drug-likeness (QED) is 0.319. The Labute approximate surface area is 236 Å². The first-order valence-corrected chi connectivity index (χ1v) is 15.2. The van der Waals surface area contributed by atoms with Crippen molar-refractivity contribution in [2.75, 3.05) is 24.2 Å². The van der Waals surface area contributed by atoms with E-state index in [-0.39, 0.29) is 37.7 Å². The molecule has 3 aromatic rings. The molecule has 0 aliphatic carbocycles. The van der Waals surface area contributed by atoms with Gasteiger partial charge in [-0.2, -0.15) is 0 Å². The summed E-state index contributed by atoms with van der Waals surface area (Å²) in [5.41, 5.74) is 3.31. The lowest BCUT2D eigenvalue weighted by molar-refractivity contribution is -0.141. The molecule has 0 unspecified atom stereocenters. The van der Waals surface area contributed by atoms with Crippen LogP contribution in [0.5, 0.6) is 0 Å². The smallest absolute Gasteiger partial charge is 0.242 e. The Morgan fingerprint density at radius 3 is 2.15 bits per heavy atom. The molecule has 0 spiro atoms. The van der Waals surface area contributed by atoms with Gasteiger partial charge in [0.2, 0.25) is 21.8 Å². The molecule has 2 amide bonds. The van der Waals surface area contributed by atoms with Gasteiger partial charge in [-0.1, -0.05) is 79.2 Å². The van der Waals surface area contributed by atoms with Gasteiger partial charge in [0.1, 0.15) is 6.04 Å². The van der Waals surface area contributed by atoms with Crippen LogP contribution in [0.4, 0.5) is 5.69 Å². The molecule has 9 heteroatoms. The monoisotopic (exact) mass is 569 g/mol. The molecular formula is C30H36ClN3O4S. The summed E-state index contributed by atoms with van der Waals surface area (Å²) in [6.45, 7) is 2.32. The van der Waals surface area contributed by atoms with Crippen LogP contribution in [0.1, 0.15) is 36.5 Å². The highest BCUT2D eigenvalue weighted by molar-refractivity contribution is 7.92. The van der Waals surface area contributed by atoms with Crippen LogP contribution in [0.25, 0.3) is 0 Å². The van der Waals surface area contributed by atoms with E-state index in [1.165, 1.54) is 4.31 Å². The van der Waals surface area contributed by atoms with Crippen LogP contribution >= 0.6 is 11.6 Å². The third kappa shape index (κ3) is 8.57. The third-order valence-electron chi connectivity index (χ3n) is 6.60. The van der Waals surface area contributed by atoms with Crippen LogP contribution < -0.4 is 9.62 Å². The second-order valence-electron chi connectivity index (χ2n) is 9.39. The van der Waals surface area contributed by atoms with Gasteiger partial charge in [0, 0.05) is 38.0 Å². The van der Waals surface area contributed by atoms with Crippen molar-refractivity contribution in [3.8, 4) is 0 Å². The first-order valence-electron chi connectivity index (χ1n) is 13.0. The number of halogens is 1. The van der Waals surface area contributed by atoms with Crippen LogP contribution in [0.15, 0.2) is 78.9 Å². The topological polar surface area (TPSA) is 86.8 Å². The molecule has 0 saturated heterocycles. The van der Waals surface area contributed by atoms with E-state index >= 15 is 0 Å². The van der Waals surface area contributed by atoms with Gasteiger partial charge in [0.05, 0.1) is 11.9 Å². The fourth-order valence-electron chi connectivity index (χ4n) is 4.43. The highest BCUT2D eigenvalue weighted by Crippen LogP contribution is 2.23. The zero-order valence-electron chi connectivity index (χ0n) is 22.6. The SMILES string of the molecule is CCc1ccc(N(CCCC(=O)N(Cc2ccccc2Cl)[C@@H](Cc2ccccc2)C(=O)NC)S(C)(=O)=O)cc1. The maximum Gasteiger partial charge on any atom is 0.242 e. The minimum atomic E-state index is -3.56. The zero-order chi connectivity index (χ0) is 28.4. The number of rotatable bonds is 13. The van der Waals surface area contributed by atoms with Crippen molar-refractivity contribution in [2.45, 2.75) is 45.2 Å². The van der Waals surface area contributed by atoms with Crippen LogP contribution in [0.3, 0.4) is 0 Å². The minimum Gasteiger partial charge on any atom is -0.357 e. The summed E-state index contributed by atoms with van der Waals surface area (Å²) in [6, 6.07) is 23.4. The predicted octanol–water partition coefficient (Wildman–Crippen LogP) is 4.83. The Hall–Kier alpha value is -3.36. The largest absolute Gasteiger partial charge is 0.357 e. The van der Waals surface area contributed by atoms with Crippen molar-refractivity contribution in [2.24, 2.45) is 0 Å². The molecule has 0 fully saturated rings. The Bertz CT molecular complexity index is 1350. The summed E-state index contributed by atoms with van der Waals surface area (Å²) >= 11 is 6.42. The standard InChI is InChI=1S/C30H36ClN3O4S/c1-4-23-16-18-26(19-17-23)34(39(3,37)38)20-10-15-29(35)33(22-25-13-8-9-14-27(25)31)28(30(36)32-2)21-24-11-6-5-7-12-24/h5-9,11-14,16-19,28H,4,10,15,20-22H2,1-3H3,(H,32,36)/t28-/m0/s1. The molecule has 7 nitrogen and oxygen atoms in total. The molecular weight excluding hydrogens is 534 g/mol. The number of nitrogens with zero attached hydrogens (tertiary/aromatic N) is 2. The molecule has 1 atom stereocenters. The van der Waals surface area contributed by atoms with E-state index in [2.05, 4.69) is 5.32 Å². The van der Waals surface area contributed by atoms with E-state index in [1.54, 1.807) is 30.1 Å². The molecule has 0 aliphatic heterocycles. The van der Waals surface area contributed by atoms with Crippen molar-refractivity contribution in [3.05, 3.63) is 101 Å². The van der Waals surface area contributed by atoms with Crippen molar-refractivity contribution >= 4 is 39.1 Å². The van der Waals surface area contributed by atoms with E-state index in [9.17, 15) is 18.0 Å². The van der Waals surface area contributed by atoms with Gasteiger partial charge in [0.25, 0.3) is 0 Å². The van der Waals surface area contributed by atoms with Crippen molar-refractivity contribution in [3.63, 3.8) is 0 Å². The van der Waals surface area contributed by atoms with E-state index in [0.717, 1.165) is 29.4 Å². The molecule has 39 heavy (non-hydrogen) atoms. The first-order chi connectivity index (χ1) is 18.6. The molecule has 0 aliphatic rings. The average Bonchev–Trinajstić information content (AvgIpc) is 2.93. The normalized spacial score (nSPS) is 12.0. The van der Waals surface area contributed by atoms with Crippen LogP contribution in [0.2, 0.25) is 5.02 Å². The molecule has 0 bridgehead atoms. The van der Waals surface area contributed by atoms with Crippen molar-refractivity contribution < 1.29 is 18.0 Å². The Morgan fingerprint density at radius 2 is 1.56 bits per heavy atom. The van der Waals surface area contributed by atoms with Gasteiger partial charge in [0.15, 0.2) is 0 Å². The Kier molecular flexibility index (Phi) is 10.9. The number of sulfonamides is 1. The predicted molar refractivity (Wildman–Crippen MR) is 157 cm³/mol. The van der Waals surface area contributed by atoms with E-state index in [4.69, 9.17) is 11.6 Å². The highest BCUT2D eigenvalue weighted by Gasteiger charge is 2.30. The second-order valence-corrected chi connectivity index (χ2v) is 11.7. The molecule has 3 rings (SSSR count). The lowest BCUT2D eigenvalue weighted by Gasteiger charge is -2.32. The van der Waals surface area contributed by atoms with Gasteiger partial charge in [-0.15, -0.1) is 0 Å². The summed E-state index contributed by atoms with van der Waals surface area (Å²) in [7, 11) is -2.01. The number of hydrogen-bond acceptors (Lipinski definition) is 4. The van der Waals surface area contributed by atoms with Crippen molar-refractivity contribution in [1.82, 2.24) is 10.2 Å². The number of aryl methyl sites for hydroxylation is 1. The second kappa shape index (κ2) is 14.1.